The Kier molecular flexibility index (Phi) is 2.01. The van der Waals surface area contributed by atoms with E-state index in [1.807, 2.05) is 19.9 Å². The van der Waals surface area contributed by atoms with Crippen molar-refractivity contribution in [1.29, 1.82) is 5.26 Å². The first kappa shape index (κ1) is 9.41. The maximum atomic E-state index is 9.05. The van der Waals surface area contributed by atoms with Crippen LogP contribution in [0.4, 0.5) is 5.82 Å². The second-order valence-electron chi connectivity index (χ2n) is 3.48. The molecule has 0 fully saturated rings. The summed E-state index contributed by atoms with van der Waals surface area (Å²) in [5, 5.41) is 9.82. The lowest BCUT2D eigenvalue weighted by Crippen LogP contribution is -1.98. The van der Waals surface area contributed by atoms with Crippen LogP contribution in [0.15, 0.2) is 12.4 Å². The monoisotopic (exact) mass is 198 g/mol. The van der Waals surface area contributed by atoms with E-state index >= 15 is 0 Å². The van der Waals surface area contributed by atoms with Gasteiger partial charge in [-0.25, -0.2) is 9.97 Å². The Labute approximate surface area is 87.4 Å². The number of aryl methyl sites for hydroxylation is 2. The molecular weight excluding hydrogens is 188 g/mol. The summed E-state index contributed by atoms with van der Waals surface area (Å²) in [6.07, 6.45) is 1.39. The van der Waals surface area contributed by atoms with Crippen molar-refractivity contribution in [1.82, 2.24) is 9.97 Å². The predicted molar refractivity (Wildman–Crippen MR) is 58.1 cm³/mol. The maximum Gasteiger partial charge on any atom is 0.135 e. The normalized spacial score (nSPS) is 10.2. The number of nitrogens with two attached hydrogens (primary N) is 1. The quantitative estimate of drug-likeness (QED) is 0.699. The van der Waals surface area contributed by atoms with Crippen molar-refractivity contribution in [3.63, 3.8) is 0 Å². The van der Waals surface area contributed by atoms with E-state index in [9.17, 15) is 0 Å². The van der Waals surface area contributed by atoms with Gasteiger partial charge in [-0.15, -0.1) is 0 Å². The first-order valence-corrected chi connectivity index (χ1v) is 4.55. The van der Waals surface area contributed by atoms with Crippen LogP contribution in [0.1, 0.15) is 16.7 Å². The summed E-state index contributed by atoms with van der Waals surface area (Å²) < 4.78 is 0. The Morgan fingerprint density at radius 3 is 2.67 bits per heavy atom. The highest BCUT2D eigenvalue weighted by atomic mass is 14.9. The summed E-state index contributed by atoms with van der Waals surface area (Å²) in [7, 11) is 0. The minimum atomic E-state index is 0.425. The molecule has 0 radical (unpaired) electrons. The van der Waals surface area contributed by atoms with Gasteiger partial charge in [-0.2, -0.15) is 5.26 Å². The minimum Gasteiger partial charge on any atom is -0.383 e. The maximum absolute atomic E-state index is 9.05. The zero-order chi connectivity index (χ0) is 11.0. The molecule has 0 spiro atoms. The van der Waals surface area contributed by atoms with Gasteiger partial charge in [-0.1, -0.05) is 6.07 Å². The third-order valence-electron chi connectivity index (χ3n) is 2.45. The summed E-state index contributed by atoms with van der Waals surface area (Å²) in [6.45, 7) is 3.83. The summed E-state index contributed by atoms with van der Waals surface area (Å²) in [5.74, 6) is 0.425. The first-order valence-electron chi connectivity index (χ1n) is 4.55. The van der Waals surface area contributed by atoms with Gasteiger partial charge in [0, 0.05) is 5.39 Å². The first-order chi connectivity index (χ1) is 7.15. The van der Waals surface area contributed by atoms with E-state index in [-0.39, 0.29) is 0 Å². The van der Waals surface area contributed by atoms with E-state index in [2.05, 4.69) is 16.0 Å². The second-order valence-corrected chi connectivity index (χ2v) is 3.48. The van der Waals surface area contributed by atoms with E-state index < -0.39 is 0 Å². The van der Waals surface area contributed by atoms with Crippen molar-refractivity contribution in [2.24, 2.45) is 0 Å². The summed E-state index contributed by atoms with van der Waals surface area (Å²) >= 11 is 0. The Morgan fingerprint density at radius 2 is 2.00 bits per heavy atom. The van der Waals surface area contributed by atoms with Gasteiger partial charge >= 0.3 is 0 Å². The average molecular weight is 198 g/mol. The molecule has 4 heteroatoms. The van der Waals surface area contributed by atoms with Gasteiger partial charge in [-0.3, -0.25) is 0 Å². The van der Waals surface area contributed by atoms with Gasteiger partial charge in [0.1, 0.15) is 18.2 Å². The number of nitrogens with zero attached hydrogens (tertiary/aromatic N) is 3. The van der Waals surface area contributed by atoms with Crippen molar-refractivity contribution < 1.29 is 0 Å². The highest BCUT2D eigenvalue weighted by Gasteiger charge is 2.10. The zero-order valence-electron chi connectivity index (χ0n) is 8.57. The average Bonchev–Trinajstić information content (AvgIpc) is 2.17. The summed E-state index contributed by atoms with van der Waals surface area (Å²) in [4.78, 5) is 8.05. The molecule has 0 amide bonds. The molecule has 2 aromatic rings. The molecule has 2 N–H and O–H groups in total. The molecule has 0 unspecified atom stereocenters. The van der Waals surface area contributed by atoms with Crippen molar-refractivity contribution in [2.75, 3.05) is 5.73 Å². The van der Waals surface area contributed by atoms with E-state index in [1.165, 1.54) is 6.33 Å². The van der Waals surface area contributed by atoms with E-state index in [0.29, 0.717) is 16.9 Å². The number of fused-ring (bicyclic) bond motifs is 1. The fraction of sp³-hybridized carbons (Fsp3) is 0.182. The molecule has 15 heavy (non-hydrogen) atoms. The molecule has 0 aliphatic carbocycles. The summed E-state index contributed by atoms with van der Waals surface area (Å²) in [6, 6.07) is 4.08. The van der Waals surface area contributed by atoms with Crippen LogP contribution >= 0.6 is 0 Å². The molecule has 0 atom stereocenters. The molecular formula is C11H10N4. The standard InChI is InChI=1S/C11H10N4/c1-6-3-7(2)9-10(8(6)4-12)14-5-15-11(9)13/h3,5H,1-2H3,(H2,13,14,15). The molecule has 1 aromatic heterocycles. The van der Waals surface area contributed by atoms with Crippen LogP contribution in [0.25, 0.3) is 10.9 Å². The molecule has 1 heterocycles. The van der Waals surface area contributed by atoms with Gasteiger partial charge in [0.15, 0.2) is 0 Å². The molecule has 4 nitrogen and oxygen atoms in total. The minimum absolute atomic E-state index is 0.425. The lowest BCUT2D eigenvalue weighted by molar-refractivity contribution is 1.21. The molecule has 0 bridgehead atoms. The van der Waals surface area contributed by atoms with Gasteiger partial charge in [0.2, 0.25) is 0 Å². The fourth-order valence-corrected chi connectivity index (χ4v) is 1.77. The number of nitriles is 1. The van der Waals surface area contributed by atoms with Gasteiger partial charge in [0.05, 0.1) is 11.1 Å². The van der Waals surface area contributed by atoms with Crippen LogP contribution in [0.2, 0.25) is 0 Å². The summed E-state index contributed by atoms with van der Waals surface area (Å²) in [5.41, 5.74) is 8.90. The largest absolute Gasteiger partial charge is 0.383 e. The van der Waals surface area contributed by atoms with Gasteiger partial charge in [0.25, 0.3) is 0 Å². The highest BCUT2D eigenvalue weighted by molar-refractivity contribution is 5.95. The van der Waals surface area contributed by atoms with E-state index in [4.69, 9.17) is 11.0 Å². The Bertz CT molecular complexity index is 581. The molecule has 1 aromatic carbocycles. The Balaban J connectivity index is 3.05. The number of anilines is 1. The predicted octanol–water partition coefficient (Wildman–Crippen LogP) is 1.70. The molecule has 0 aliphatic heterocycles. The van der Waals surface area contributed by atoms with Crippen LogP contribution in [0, 0.1) is 25.2 Å². The molecule has 0 saturated carbocycles. The molecule has 0 aliphatic rings. The Morgan fingerprint density at radius 1 is 1.27 bits per heavy atom. The number of aromatic nitrogens is 2. The van der Waals surface area contributed by atoms with Gasteiger partial charge < -0.3 is 5.73 Å². The zero-order valence-corrected chi connectivity index (χ0v) is 8.57. The number of hydrogen-bond donors (Lipinski definition) is 1. The van der Waals surface area contributed by atoms with Crippen LogP contribution < -0.4 is 5.73 Å². The van der Waals surface area contributed by atoms with Crippen LogP contribution in [-0.4, -0.2) is 9.97 Å². The van der Waals surface area contributed by atoms with Crippen molar-refractivity contribution in [2.45, 2.75) is 13.8 Å². The van der Waals surface area contributed by atoms with Crippen LogP contribution in [-0.2, 0) is 0 Å². The van der Waals surface area contributed by atoms with Gasteiger partial charge in [-0.05, 0) is 25.0 Å². The number of hydrogen-bond acceptors (Lipinski definition) is 4. The lowest BCUT2D eigenvalue weighted by atomic mass is 10.0. The molecule has 2 rings (SSSR count). The van der Waals surface area contributed by atoms with E-state index in [1.54, 1.807) is 0 Å². The SMILES string of the molecule is Cc1cc(C)c2c(N)ncnc2c1C#N. The number of rotatable bonds is 0. The second kappa shape index (κ2) is 3.21. The number of nitrogen functional groups attached to an aromatic ring is 1. The van der Waals surface area contributed by atoms with Crippen molar-refractivity contribution in [3.05, 3.63) is 29.1 Å². The highest BCUT2D eigenvalue weighted by Crippen LogP contribution is 2.26. The third-order valence-corrected chi connectivity index (χ3v) is 2.45. The fourth-order valence-electron chi connectivity index (χ4n) is 1.77. The van der Waals surface area contributed by atoms with E-state index in [0.717, 1.165) is 16.5 Å². The molecule has 74 valence electrons. The van der Waals surface area contributed by atoms with Crippen LogP contribution in [0.3, 0.4) is 0 Å². The topological polar surface area (TPSA) is 75.6 Å². The van der Waals surface area contributed by atoms with Crippen molar-refractivity contribution >= 4 is 16.7 Å². The van der Waals surface area contributed by atoms with Crippen LogP contribution in [0.5, 0.6) is 0 Å². The Hall–Kier alpha value is -2.15. The molecule has 0 saturated heterocycles. The smallest absolute Gasteiger partial charge is 0.135 e. The third kappa shape index (κ3) is 1.29. The number of benzene rings is 1. The van der Waals surface area contributed by atoms with Crippen molar-refractivity contribution in [3.8, 4) is 6.07 Å². The lowest BCUT2D eigenvalue weighted by Gasteiger charge is -2.07.